The van der Waals surface area contributed by atoms with E-state index in [0.29, 0.717) is 83.2 Å². The van der Waals surface area contributed by atoms with Gasteiger partial charge < -0.3 is 52.4 Å². The number of carbonyl (C=O) groups is 5. The highest BCUT2D eigenvalue weighted by atomic mass is 31.2. The second kappa shape index (κ2) is 32.3. The number of hydrogen-bond donors (Lipinski definition) is 1. The van der Waals surface area contributed by atoms with Gasteiger partial charge in [-0.25, -0.2) is 4.79 Å². The molecule has 1 amide bonds. The fourth-order valence-corrected chi connectivity index (χ4v) is 12.3. The zero-order chi connectivity index (χ0) is 57.0. The van der Waals surface area contributed by atoms with Gasteiger partial charge in [0.1, 0.15) is 30.1 Å². The Hall–Kier alpha value is -3.22. The number of aliphatic hydroxyl groups is 1. The van der Waals surface area contributed by atoms with Gasteiger partial charge in [0.05, 0.1) is 57.3 Å². The molecule has 0 aromatic heterocycles. The summed E-state index contributed by atoms with van der Waals surface area (Å²) in [4.78, 5) is 72.9. The van der Waals surface area contributed by atoms with Crippen molar-refractivity contribution in [3.8, 4) is 0 Å². The molecule has 2 bridgehead atoms. The molecule has 17 nitrogen and oxygen atoms in total. The monoisotopic (exact) mass is 1110 g/mol. The topological polar surface area (TPSA) is 209 Å². The van der Waals surface area contributed by atoms with E-state index in [1.54, 1.807) is 47.5 Å². The molecule has 77 heavy (non-hydrogen) atoms. The van der Waals surface area contributed by atoms with E-state index in [1.165, 1.54) is 19.1 Å². The lowest BCUT2D eigenvalue weighted by Gasteiger charge is -2.43. The zero-order valence-corrected chi connectivity index (χ0v) is 49.6. The van der Waals surface area contributed by atoms with Gasteiger partial charge in [-0.1, -0.05) is 71.1 Å². The van der Waals surface area contributed by atoms with Crippen LogP contribution in [0.3, 0.4) is 0 Å². The van der Waals surface area contributed by atoms with Gasteiger partial charge in [0.2, 0.25) is 5.78 Å². The van der Waals surface area contributed by atoms with Gasteiger partial charge in [0.25, 0.3) is 5.91 Å². The molecule has 0 radical (unpaired) electrons. The van der Waals surface area contributed by atoms with Gasteiger partial charge in [-0.15, -0.1) is 0 Å². The molecule has 1 aliphatic carbocycles. The standard InChI is InChI=1S/C59H96NO16P/c1-38-19-15-14-16-20-39(2)51(73-30-29-72-28-27-68-8)35-46-24-22-44(7)59(66,75-46)37-49(62)57(64)60-26-18-17-21-47(60)58(65)74-52(41(4)33-45-23-25-50(53(34-45)69-9)76-77(12,13)67)36-48(61)40(3)32-43(6)55(70-10)56(71-11)54(63)42(5)31-38/h14-16,19-20,32,38,40-42,44-47,50-53,55-56,66H,17-18,21-31,33-37H2,1-13H3/b16-14+,19-15+,39-20?,43-32+/t38-,40-,41-,42-,44-,45+,46+,47+,50-,51+,52+,53-,55-,56+,59+/m1/s1. The van der Waals surface area contributed by atoms with Gasteiger partial charge in [-0.05, 0) is 107 Å². The molecule has 0 spiro atoms. The number of rotatable bonds is 15. The van der Waals surface area contributed by atoms with Crippen LogP contribution in [0.4, 0.5) is 0 Å². The van der Waals surface area contributed by atoms with Crippen molar-refractivity contribution in [1.82, 2.24) is 4.90 Å². The number of cyclic esters (lactones) is 1. The Kier molecular flexibility index (Phi) is 27.8. The van der Waals surface area contributed by atoms with Crippen LogP contribution >= 0.6 is 7.37 Å². The Morgan fingerprint density at radius 2 is 1.52 bits per heavy atom. The maximum absolute atomic E-state index is 14.6. The number of piperidine rings is 1. The van der Waals surface area contributed by atoms with Crippen LogP contribution in [0, 0.1) is 35.5 Å². The number of Topliss-reactive ketones (excluding diaryl/α,β-unsaturated/α-hetero) is 3. The first-order chi connectivity index (χ1) is 36.4. The van der Waals surface area contributed by atoms with Crippen molar-refractivity contribution < 1.29 is 76.1 Å². The number of nitrogens with zero attached hydrogens (tertiary/aromatic N) is 1. The van der Waals surface area contributed by atoms with Crippen LogP contribution in [-0.4, -0.2) is 169 Å². The van der Waals surface area contributed by atoms with Crippen LogP contribution in [0.1, 0.15) is 132 Å². The Balaban J connectivity index is 1.71. The minimum absolute atomic E-state index is 0.0336. The van der Waals surface area contributed by atoms with Gasteiger partial charge in [-0.2, -0.15) is 0 Å². The molecule has 3 aliphatic heterocycles. The zero-order valence-electron chi connectivity index (χ0n) is 48.7. The van der Waals surface area contributed by atoms with Crippen molar-refractivity contribution in [3.63, 3.8) is 0 Å². The Bertz CT molecular complexity index is 2080. The van der Waals surface area contributed by atoms with Crippen LogP contribution in [0.2, 0.25) is 0 Å². The summed E-state index contributed by atoms with van der Waals surface area (Å²) in [6.45, 7) is 18.0. The fraction of sp³-hybridized carbons (Fsp3) is 0.780. The lowest BCUT2D eigenvalue weighted by atomic mass is 9.78. The second-order valence-corrected chi connectivity index (χ2v) is 25.5. The number of hydrogen-bond acceptors (Lipinski definition) is 16. The summed E-state index contributed by atoms with van der Waals surface area (Å²) in [5.74, 6) is -6.56. The first-order valence-corrected chi connectivity index (χ1v) is 30.7. The van der Waals surface area contributed by atoms with E-state index in [4.69, 9.17) is 42.4 Å². The molecular formula is C59H96NO16P. The molecule has 3 heterocycles. The largest absolute Gasteiger partial charge is 0.460 e. The SMILES string of the molecule is COCCOCCO[C@H]1C[C@@H]2CC[C@@H](C)[C@](O)(CC(=O)C(=O)N3CCCC[C@H]3C(=O)O[C@H]([C@H](C)C[C@@H]3CC[C@@H](OP(C)(C)=O)[C@H](OC)C3)CC(=O)[C@H](C)/C=C(\C)[C@@H](OC)[C@@H](OC)C(=O)[C@H](C)C[C@H](C)/C=C/C=C/C=C1C)O2. The Labute approximate surface area is 460 Å². The van der Waals surface area contributed by atoms with Crippen molar-refractivity contribution in [1.29, 1.82) is 0 Å². The van der Waals surface area contributed by atoms with E-state index in [1.807, 2.05) is 65.0 Å². The Morgan fingerprint density at radius 1 is 0.805 bits per heavy atom. The summed E-state index contributed by atoms with van der Waals surface area (Å²) < 4.78 is 66.1. The first kappa shape index (κ1) is 66.3. The van der Waals surface area contributed by atoms with Crippen LogP contribution in [0.25, 0.3) is 0 Å². The smallest absolute Gasteiger partial charge is 0.329 e. The molecule has 18 heteroatoms. The number of esters is 1. The van der Waals surface area contributed by atoms with E-state index in [-0.39, 0.29) is 73.4 Å². The summed E-state index contributed by atoms with van der Waals surface area (Å²) in [5.41, 5.74) is 1.53. The molecule has 4 aliphatic rings. The molecule has 0 aromatic rings. The molecule has 3 fully saturated rings. The minimum atomic E-state index is -2.79. The van der Waals surface area contributed by atoms with Crippen molar-refractivity contribution in [2.75, 3.05) is 74.7 Å². The predicted molar refractivity (Wildman–Crippen MR) is 295 cm³/mol. The third-order valence-corrected chi connectivity index (χ3v) is 16.8. The van der Waals surface area contributed by atoms with Crippen LogP contribution in [0.5, 0.6) is 0 Å². The molecule has 0 aromatic carbocycles. The van der Waals surface area contributed by atoms with Gasteiger partial charge in [-0.3, -0.25) is 23.7 Å². The highest BCUT2D eigenvalue weighted by Gasteiger charge is 2.47. The first-order valence-electron chi connectivity index (χ1n) is 28.2. The van der Waals surface area contributed by atoms with Crippen molar-refractivity contribution in [2.24, 2.45) is 35.5 Å². The van der Waals surface area contributed by atoms with Crippen LogP contribution < -0.4 is 0 Å². The number of ketones is 3. The average molecular weight is 1110 g/mol. The third-order valence-electron chi connectivity index (χ3n) is 16.0. The fourth-order valence-electron chi connectivity index (χ4n) is 11.4. The summed E-state index contributed by atoms with van der Waals surface area (Å²) in [6.07, 6.45) is 12.5. The van der Waals surface area contributed by atoms with Crippen molar-refractivity contribution >= 4 is 36.6 Å². The van der Waals surface area contributed by atoms with E-state index in [9.17, 15) is 33.6 Å². The summed E-state index contributed by atoms with van der Waals surface area (Å²) in [7, 11) is 3.41. The van der Waals surface area contributed by atoms with Gasteiger partial charge >= 0.3 is 5.97 Å². The van der Waals surface area contributed by atoms with E-state index < -0.39 is 85.6 Å². The number of allylic oxidation sites excluding steroid dienone is 6. The highest BCUT2D eigenvalue weighted by Crippen LogP contribution is 2.45. The lowest BCUT2D eigenvalue weighted by Crippen LogP contribution is -2.54. The Morgan fingerprint density at radius 3 is 2.19 bits per heavy atom. The van der Waals surface area contributed by atoms with Gasteiger partial charge in [0, 0.05) is 78.9 Å². The molecule has 0 unspecified atom stereocenters. The van der Waals surface area contributed by atoms with Crippen LogP contribution in [0.15, 0.2) is 47.6 Å². The summed E-state index contributed by atoms with van der Waals surface area (Å²) >= 11 is 0. The second-order valence-electron chi connectivity index (χ2n) is 22.8. The molecule has 15 atom stereocenters. The maximum atomic E-state index is 14.6. The number of ether oxygens (including phenoxy) is 8. The van der Waals surface area contributed by atoms with E-state index in [0.717, 1.165) is 12.0 Å². The van der Waals surface area contributed by atoms with E-state index >= 15 is 0 Å². The third kappa shape index (κ3) is 20.7. The number of carbonyl (C=O) groups excluding carboxylic acids is 5. The molecule has 2 saturated heterocycles. The van der Waals surface area contributed by atoms with Crippen molar-refractivity contribution in [3.05, 3.63) is 47.6 Å². The molecule has 4 rings (SSSR count). The number of amides is 1. The van der Waals surface area contributed by atoms with E-state index in [2.05, 4.69) is 0 Å². The molecular weight excluding hydrogens is 1010 g/mol. The molecule has 1 N–H and O–H groups in total. The quantitative estimate of drug-likeness (QED) is 0.0534. The summed E-state index contributed by atoms with van der Waals surface area (Å²) in [6, 6.07) is -1.10. The highest BCUT2D eigenvalue weighted by molar-refractivity contribution is 7.57. The van der Waals surface area contributed by atoms with Gasteiger partial charge in [0.15, 0.2) is 18.9 Å². The lowest BCUT2D eigenvalue weighted by molar-refractivity contribution is -0.282. The normalized spacial score (nSPS) is 35.7. The molecule has 1 saturated carbocycles. The summed E-state index contributed by atoms with van der Waals surface area (Å²) in [5, 5.41) is 12.1. The van der Waals surface area contributed by atoms with Crippen molar-refractivity contribution in [2.45, 2.75) is 186 Å². The average Bonchev–Trinajstić information content (AvgIpc) is 3.38. The molecule has 438 valence electrons. The van der Waals surface area contributed by atoms with Crippen LogP contribution in [-0.2, 0) is 71.0 Å². The predicted octanol–water partition coefficient (Wildman–Crippen LogP) is 8.82. The maximum Gasteiger partial charge on any atom is 0.329 e. The number of fused-ring (bicyclic) bond motifs is 3. The number of methoxy groups -OCH3 is 4. The minimum Gasteiger partial charge on any atom is -0.460 e.